The summed E-state index contributed by atoms with van der Waals surface area (Å²) in [5.74, 6) is -0.134. The number of aliphatic hydroxyl groups is 1. The number of hydrogen-bond acceptors (Lipinski definition) is 4. The molecule has 0 aliphatic carbocycles. The average molecular weight is 246 g/mol. The van der Waals surface area contributed by atoms with Crippen molar-refractivity contribution in [1.82, 2.24) is 10.6 Å². The number of aliphatic hydroxyl groups excluding tert-OH is 1. The van der Waals surface area contributed by atoms with E-state index < -0.39 is 11.7 Å². The predicted octanol–water partition coefficient (Wildman–Crippen LogP) is 0.400. The molecule has 0 saturated carbocycles. The maximum atomic E-state index is 11.2. The number of rotatable bonds is 6. The fraction of sp³-hybridized carbons (Fsp3) is 0.818. The number of nitrogens with one attached hydrogen (secondary N) is 2. The highest BCUT2D eigenvalue weighted by molar-refractivity contribution is 5.75. The maximum Gasteiger partial charge on any atom is 0.407 e. The Bertz CT molecular complexity index is 248. The van der Waals surface area contributed by atoms with Gasteiger partial charge in [-0.1, -0.05) is 0 Å². The van der Waals surface area contributed by atoms with Crippen LogP contribution in [0.1, 0.15) is 33.6 Å². The number of ether oxygens (including phenoxy) is 1. The van der Waals surface area contributed by atoms with E-state index in [1.165, 1.54) is 0 Å². The Labute approximate surface area is 102 Å². The average Bonchev–Trinajstić information content (AvgIpc) is 2.19. The second-order valence-corrected chi connectivity index (χ2v) is 4.61. The Morgan fingerprint density at radius 3 is 2.29 bits per heavy atom. The van der Waals surface area contributed by atoms with E-state index in [2.05, 4.69) is 10.6 Å². The summed E-state index contributed by atoms with van der Waals surface area (Å²) in [7, 11) is 0. The van der Waals surface area contributed by atoms with Gasteiger partial charge in [0.15, 0.2) is 0 Å². The van der Waals surface area contributed by atoms with Gasteiger partial charge in [0.25, 0.3) is 0 Å². The summed E-state index contributed by atoms with van der Waals surface area (Å²) in [6.45, 7) is 6.02. The third-order valence-corrected chi connectivity index (χ3v) is 1.68. The van der Waals surface area contributed by atoms with Crippen molar-refractivity contribution in [3.05, 3.63) is 0 Å². The Balaban J connectivity index is 3.51. The minimum absolute atomic E-state index is 0.00355. The monoisotopic (exact) mass is 246 g/mol. The van der Waals surface area contributed by atoms with E-state index in [1.807, 2.05) is 0 Å². The SMILES string of the molecule is CC(C)(C)OC(=O)NCCNC(=O)CCCO. The maximum absolute atomic E-state index is 11.2. The lowest BCUT2D eigenvalue weighted by atomic mass is 10.2. The van der Waals surface area contributed by atoms with E-state index in [4.69, 9.17) is 9.84 Å². The first-order valence-electron chi connectivity index (χ1n) is 5.69. The van der Waals surface area contributed by atoms with Gasteiger partial charge in [0, 0.05) is 26.1 Å². The summed E-state index contributed by atoms with van der Waals surface area (Å²) >= 11 is 0. The van der Waals surface area contributed by atoms with E-state index in [0.29, 0.717) is 25.9 Å². The summed E-state index contributed by atoms with van der Waals surface area (Å²) in [4.78, 5) is 22.3. The third kappa shape index (κ3) is 11.0. The highest BCUT2D eigenvalue weighted by atomic mass is 16.6. The minimum Gasteiger partial charge on any atom is -0.444 e. The molecule has 6 nitrogen and oxygen atoms in total. The second-order valence-electron chi connectivity index (χ2n) is 4.61. The van der Waals surface area contributed by atoms with Crippen LogP contribution >= 0.6 is 0 Å². The Morgan fingerprint density at radius 1 is 1.18 bits per heavy atom. The van der Waals surface area contributed by atoms with Crippen LogP contribution in [0.3, 0.4) is 0 Å². The first-order chi connectivity index (χ1) is 7.85. The van der Waals surface area contributed by atoms with Crippen molar-refractivity contribution in [2.24, 2.45) is 0 Å². The molecule has 0 saturated heterocycles. The first kappa shape index (κ1) is 15.7. The summed E-state index contributed by atoms with van der Waals surface area (Å²) < 4.78 is 5.01. The molecule has 2 amide bonds. The molecule has 6 heteroatoms. The van der Waals surface area contributed by atoms with Crippen LogP contribution in [0.4, 0.5) is 4.79 Å². The molecule has 0 bridgehead atoms. The molecule has 0 aromatic heterocycles. The van der Waals surface area contributed by atoms with Gasteiger partial charge in [0.05, 0.1) is 0 Å². The number of alkyl carbamates (subject to hydrolysis) is 1. The Hall–Kier alpha value is -1.30. The van der Waals surface area contributed by atoms with E-state index in [1.54, 1.807) is 20.8 Å². The zero-order chi connectivity index (χ0) is 13.3. The van der Waals surface area contributed by atoms with Crippen LogP contribution < -0.4 is 10.6 Å². The number of amides is 2. The Morgan fingerprint density at radius 2 is 1.76 bits per heavy atom. The molecule has 0 atom stereocenters. The normalized spacial score (nSPS) is 10.8. The van der Waals surface area contributed by atoms with Gasteiger partial charge in [0.2, 0.25) is 5.91 Å². The zero-order valence-corrected chi connectivity index (χ0v) is 10.7. The molecule has 17 heavy (non-hydrogen) atoms. The standard InChI is InChI=1S/C11H22N2O4/c1-11(2,3)17-10(16)13-7-6-12-9(15)5-4-8-14/h14H,4-8H2,1-3H3,(H,12,15)(H,13,16). The zero-order valence-electron chi connectivity index (χ0n) is 10.7. The van der Waals surface area contributed by atoms with Crippen LogP contribution in [-0.4, -0.2) is 42.4 Å². The summed E-state index contributed by atoms with van der Waals surface area (Å²) in [6, 6.07) is 0. The van der Waals surface area contributed by atoms with Crippen LogP contribution in [0.2, 0.25) is 0 Å². The van der Waals surface area contributed by atoms with Crippen molar-refractivity contribution < 1.29 is 19.4 Å². The predicted molar refractivity (Wildman–Crippen MR) is 63.6 cm³/mol. The van der Waals surface area contributed by atoms with Crippen molar-refractivity contribution in [2.75, 3.05) is 19.7 Å². The van der Waals surface area contributed by atoms with Gasteiger partial charge in [-0.3, -0.25) is 4.79 Å². The number of carbonyl (C=O) groups is 2. The molecule has 0 aliphatic heterocycles. The molecule has 0 fully saturated rings. The van der Waals surface area contributed by atoms with Crippen LogP contribution in [0.5, 0.6) is 0 Å². The fourth-order valence-electron chi connectivity index (χ4n) is 1.01. The highest BCUT2D eigenvalue weighted by Gasteiger charge is 2.15. The molecular formula is C11H22N2O4. The summed E-state index contributed by atoms with van der Waals surface area (Å²) in [6.07, 6.45) is 0.246. The van der Waals surface area contributed by atoms with Gasteiger partial charge in [0.1, 0.15) is 5.60 Å². The van der Waals surface area contributed by atoms with Crippen molar-refractivity contribution in [3.8, 4) is 0 Å². The van der Waals surface area contributed by atoms with Gasteiger partial charge in [-0.2, -0.15) is 0 Å². The van der Waals surface area contributed by atoms with Crippen LogP contribution in [0.25, 0.3) is 0 Å². The van der Waals surface area contributed by atoms with Crippen molar-refractivity contribution in [3.63, 3.8) is 0 Å². The van der Waals surface area contributed by atoms with E-state index in [-0.39, 0.29) is 12.5 Å². The highest BCUT2D eigenvalue weighted by Crippen LogP contribution is 2.05. The lowest BCUT2D eigenvalue weighted by Gasteiger charge is -2.19. The largest absolute Gasteiger partial charge is 0.444 e. The molecule has 0 unspecified atom stereocenters. The minimum atomic E-state index is -0.519. The van der Waals surface area contributed by atoms with E-state index >= 15 is 0 Å². The van der Waals surface area contributed by atoms with Crippen molar-refractivity contribution in [1.29, 1.82) is 0 Å². The second kappa shape index (κ2) is 7.89. The topological polar surface area (TPSA) is 87.7 Å². The van der Waals surface area contributed by atoms with Gasteiger partial charge in [-0.05, 0) is 27.2 Å². The van der Waals surface area contributed by atoms with Gasteiger partial charge in [-0.25, -0.2) is 4.79 Å². The number of carbonyl (C=O) groups excluding carboxylic acids is 2. The summed E-state index contributed by atoms with van der Waals surface area (Å²) in [5.41, 5.74) is -0.519. The first-order valence-corrected chi connectivity index (χ1v) is 5.69. The van der Waals surface area contributed by atoms with Crippen molar-refractivity contribution in [2.45, 2.75) is 39.2 Å². The smallest absolute Gasteiger partial charge is 0.407 e. The summed E-state index contributed by atoms with van der Waals surface area (Å²) in [5, 5.41) is 13.7. The van der Waals surface area contributed by atoms with Gasteiger partial charge >= 0.3 is 6.09 Å². The van der Waals surface area contributed by atoms with Gasteiger partial charge in [-0.15, -0.1) is 0 Å². The lowest BCUT2D eigenvalue weighted by Crippen LogP contribution is -2.37. The van der Waals surface area contributed by atoms with Crippen LogP contribution in [-0.2, 0) is 9.53 Å². The molecular weight excluding hydrogens is 224 g/mol. The van der Waals surface area contributed by atoms with E-state index in [0.717, 1.165) is 0 Å². The molecule has 0 aromatic rings. The number of hydrogen-bond donors (Lipinski definition) is 3. The lowest BCUT2D eigenvalue weighted by molar-refractivity contribution is -0.121. The Kier molecular flexibility index (Phi) is 7.29. The fourth-order valence-corrected chi connectivity index (χ4v) is 1.01. The molecule has 100 valence electrons. The molecule has 0 radical (unpaired) electrons. The van der Waals surface area contributed by atoms with E-state index in [9.17, 15) is 9.59 Å². The van der Waals surface area contributed by atoms with Gasteiger partial charge < -0.3 is 20.5 Å². The molecule has 0 aliphatic rings. The quantitative estimate of drug-likeness (QED) is 0.592. The van der Waals surface area contributed by atoms with Crippen molar-refractivity contribution >= 4 is 12.0 Å². The molecule has 0 spiro atoms. The molecule has 0 heterocycles. The third-order valence-electron chi connectivity index (χ3n) is 1.68. The van der Waals surface area contributed by atoms with Crippen LogP contribution in [0, 0.1) is 0 Å². The molecule has 0 rings (SSSR count). The molecule has 3 N–H and O–H groups in total. The van der Waals surface area contributed by atoms with Crippen LogP contribution in [0.15, 0.2) is 0 Å². The molecule has 0 aromatic carbocycles.